The van der Waals surface area contributed by atoms with Gasteiger partial charge in [0.05, 0.1) is 5.69 Å². The first-order chi connectivity index (χ1) is 7.16. The summed E-state index contributed by atoms with van der Waals surface area (Å²) in [6.07, 6.45) is 2.64. The van der Waals surface area contributed by atoms with Crippen LogP contribution in [0.5, 0.6) is 0 Å². The molecule has 0 aromatic carbocycles. The fourth-order valence-electron chi connectivity index (χ4n) is 1.46. The minimum Gasteiger partial charge on any atom is -0.384 e. The molecule has 0 bridgehead atoms. The fraction of sp³-hybridized carbons (Fsp3) is 0.167. The number of hydrogen-bond acceptors (Lipinski definition) is 3. The Morgan fingerprint density at radius 3 is 2.87 bits per heavy atom. The molecule has 1 aromatic heterocycles. The average Bonchev–Trinajstić information content (AvgIpc) is 2.22. The van der Waals surface area contributed by atoms with Crippen molar-refractivity contribution in [3.63, 3.8) is 0 Å². The molecule has 2 heterocycles. The molecular weight excluding hydrogens is 186 g/mol. The van der Waals surface area contributed by atoms with E-state index < -0.39 is 0 Å². The molecule has 1 aliphatic rings. The van der Waals surface area contributed by atoms with Gasteiger partial charge in [0, 0.05) is 23.9 Å². The van der Waals surface area contributed by atoms with Gasteiger partial charge >= 0.3 is 0 Å². The lowest BCUT2D eigenvalue weighted by Gasteiger charge is -2.13. The first-order valence-electron chi connectivity index (χ1n) is 4.81. The van der Waals surface area contributed by atoms with Crippen LogP contribution in [0.15, 0.2) is 41.5 Å². The molecule has 2 rings (SSSR count). The van der Waals surface area contributed by atoms with Gasteiger partial charge in [-0.3, -0.25) is 4.99 Å². The molecule has 1 aliphatic heterocycles. The summed E-state index contributed by atoms with van der Waals surface area (Å²) in [5, 5.41) is 0. The number of pyridine rings is 1. The molecule has 2 N–H and O–H groups in total. The third-order valence-corrected chi connectivity index (χ3v) is 2.43. The van der Waals surface area contributed by atoms with E-state index in [0.29, 0.717) is 5.82 Å². The van der Waals surface area contributed by atoms with E-state index in [0.717, 1.165) is 29.0 Å². The van der Waals surface area contributed by atoms with Gasteiger partial charge in [-0.05, 0) is 24.6 Å². The number of nitrogens with zero attached hydrogens (tertiary/aromatic N) is 2. The Hall–Kier alpha value is -1.90. The van der Waals surface area contributed by atoms with Crippen LogP contribution in [0.1, 0.15) is 19.0 Å². The molecule has 15 heavy (non-hydrogen) atoms. The lowest BCUT2D eigenvalue weighted by Crippen LogP contribution is -2.03. The first kappa shape index (κ1) is 9.65. The molecule has 0 unspecified atom stereocenters. The Bertz CT molecular complexity index is 470. The van der Waals surface area contributed by atoms with Crippen molar-refractivity contribution in [1.29, 1.82) is 0 Å². The lowest BCUT2D eigenvalue weighted by atomic mass is 9.99. The average molecular weight is 199 g/mol. The third-order valence-electron chi connectivity index (χ3n) is 2.43. The Balaban J connectivity index is 2.37. The zero-order valence-corrected chi connectivity index (χ0v) is 8.70. The van der Waals surface area contributed by atoms with Gasteiger partial charge in [-0.25, -0.2) is 4.98 Å². The first-order valence-corrected chi connectivity index (χ1v) is 4.81. The SMILES string of the molecule is C=C1CC(c2cccc(N)n2)=CN=C1C. The number of aliphatic imine (C=N–C) groups is 1. The van der Waals surface area contributed by atoms with Gasteiger partial charge < -0.3 is 5.73 Å². The summed E-state index contributed by atoms with van der Waals surface area (Å²) in [4.78, 5) is 8.53. The largest absolute Gasteiger partial charge is 0.384 e. The summed E-state index contributed by atoms with van der Waals surface area (Å²) in [5.74, 6) is 0.533. The van der Waals surface area contributed by atoms with Crippen molar-refractivity contribution in [2.24, 2.45) is 4.99 Å². The number of hydrogen-bond donors (Lipinski definition) is 1. The molecule has 0 fully saturated rings. The Labute approximate surface area is 89.1 Å². The molecule has 1 aromatic rings. The second-order valence-electron chi connectivity index (χ2n) is 3.60. The van der Waals surface area contributed by atoms with Gasteiger partial charge in [0.1, 0.15) is 5.82 Å². The molecule has 3 nitrogen and oxygen atoms in total. The van der Waals surface area contributed by atoms with Crippen molar-refractivity contribution in [3.05, 3.63) is 42.2 Å². The van der Waals surface area contributed by atoms with Crippen LogP contribution >= 0.6 is 0 Å². The predicted molar refractivity (Wildman–Crippen MR) is 63.5 cm³/mol. The summed E-state index contributed by atoms with van der Waals surface area (Å²) >= 11 is 0. The number of aromatic nitrogens is 1. The van der Waals surface area contributed by atoms with Crippen LogP contribution in [0.2, 0.25) is 0 Å². The highest BCUT2D eigenvalue weighted by Crippen LogP contribution is 2.25. The highest BCUT2D eigenvalue weighted by molar-refractivity contribution is 6.01. The second kappa shape index (κ2) is 3.69. The smallest absolute Gasteiger partial charge is 0.124 e. The van der Waals surface area contributed by atoms with E-state index in [1.165, 1.54) is 0 Å². The molecule has 3 heteroatoms. The van der Waals surface area contributed by atoms with Crippen molar-refractivity contribution in [3.8, 4) is 0 Å². The van der Waals surface area contributed by atoms with Gasteiger partial charge in [0.25, 0.3) is 0 Å². The summed E-state index contributed by atoms with van der Waals surface area (Å²) in [6, 6.07) is 5.61. The summed E-state index contributed by atoms with van der Waals surface area (Å²) in [7, 11) is 0. The molecular formula is C12H13N3. The van der Waals surface area contributed by atoms with Crippen molar-refractivity contribution >= 4 is 17.1 Å². The molecule has 0 saturated heterocycles. The van der Waals surface area contributed by atoms with Crippen molar-refractivity contribution in [2.75, 3.05) is 5.73 Å². The van der Waals surface area contributed by atoms with Gasteiger partial charge in [-0.2, -0.15) is 0 Å². The highest BCUT2D eigenvalue weighted by atomic mass is 14.8. The molecule has 0 amide bonds. The normalized spacial score (nSPS) is 15.9. The highest BCUT2D eigenvalue weighted by Gasteiger charge is 2.11. The van der Waals surface area contributed by atoms with Gasteiger partial charge in [0.2, 0.25) is 0 Å². The van der Waals surface area contributed by atoms with Gasteiger partial charge in [0.15, 0.2) is 0 Å². The minimum atomic E-state index is 0.533. The maximum atomic E-state index is 5.63. The molecule has 0 saturated carbocycles. The monoisotopic (exact) mass is 199 g/mol. The van der Waals surface area contributed by atoms with E-state index in [9.17, 15) is 0 Å². The summed E-state index contributed by atoms with van der Waals surface area (Å²) in [6.45, 7) is 5.92. The number of anilines is 1. The maximum Gasteiger partial charge on any atom is 0.124 e. The fourth-order valence-corrected chi connectivity index (χ4v) is 1.46. The van der Waals surface area contributed by atoms with Crippen molar-refractivity contribution < 1.29 is 0 Å². The van der Waals surface area contributed by atoms with Crippen molar-refractivity contribution in [1.82, 2.24) is 4.98 Å². The number of nitrogens with two attached hydrogens (primary N) is 1. The zero-order chi connectivity index (χ0) is 10.8. The molecule has 0 aliphatic carbocycles. The van der Waals surface area contributed by atoms with Gasteiger partial charge in [-0.15, -0.1) is 0 Å². The van der Waals surface area contributed by atoms with E-state index in [1.54, 1.807) is 6.07 Å². The van der Waals surface area contributed by atoms with E-state index in [2.05, 4.69) is 16.6 Å². The van der Waals surface area contributed by atoms with Crippen LogP contribution in [0.25, 0.3) is 5.57 Å². The van der Waals surface area contributed by atoms with E-state index >= 15 is 0 Å². The molecule has 76 valence electrons. The van der Waals surface area contributed by atoms with Crippen LogP contribution in [0.3, 0.4) is 0 Å². The van der Waals surface area contributed by atoms with Crippen molar-refractivity contribution in [2.45, 2.75) is 13.3 Å². The number of allylic oxidation sites excluding steroid dienone is 2. The van der Waals surface area contributed by atoms with Crippen LogP contribution in [-0.4, -0.2) is 10.7 Å². The van der Waals surface area contributed by atoms with Gasteiger partial charge in [-0.1, -0.05) is 12.6 Å². The van der Waals surface area contributed by atoms with E-state index in [4.69, 9.17) is 5.73 Å². The molecule has 0 radical (unpaired) electrons. The van der Waals surface area contributed by atoms with Crippen LogP contribution in [0.4, 0.5) is 5.82 Å². The standard InChI is InChI=1S/C12H13N3/c1-8-6-10(7-14-9(8)2)11-4-3-5-12(13)15-11/h3-5,7H,1,6H2,2H3,(H2,13,15). The topological polar surface area (TPSA) is 51.3 Å². The third kappa shape index (κ3) is 1.96. The predicted octanol–water partition coefficient (Wildman–Crippen LogP) is 2.43. The van der Waals surface area contributed by atoms with Crippen LogP contribution in [0, 0.1) is 0 Å². The van der Waals surface area contributed by atoms with Crippen LogP contribution < -0.4 is 5.73 Å². The summed E-state index contributed by atoms with van der Waals surface area (Å²) in [5.41, 5.74) is 9.61. The quantitative estimate of drug-likeness (QED) is 0.755. The molecule has 0 atom stereocenters. The Kier molecular flexibility index (Phi) is 2.37. The minimum absolute atomic E-state index is 0.533. The summed E-state index contributed by atoms with van der Waals surface area (Å²) < 4.78 is 0. The number of rotatable bonds is 1. The maximum absolute atomic E-state index is 5.63. The Morgan fingerprint density at radius 1 is 1.40 bits per heavy atom. The van der Waals surface area contributed by atoms with E-state index in [-0.39, 0.29) is 0 Å². The number of nitrogen functional groups attached to an aromatic ring is 1. The second-order valence-corrected chi connectivity index (χ2v) is 3.60. The Morgan fingerprint density at radius 2 is 2.20 bits per heavy atom. The van der Waals surface area contributed by atoms with Crippen LogP contribution in [-0.2, 0) is 0 Å². The zero-order valence-electron chi connectivity index (χ0n) is 8.70. The lowest BCUT2D eigenvalue weighted by molar-refractivity contribution is 1.19. The molecule has 0 spiro atoms. The van der Waals surface area contributed by atoms with E-state index in [1.807, 2.05) is 25.3 Å².